The van der Waals surface area contributed by atoms with Crippen molar-refractivity contribution < 1.29 is 63.5 Å². The number of carbonyl (C=O) groups excluding carboxylic acids is 2. The Balaban J connectivity index is 1.18. The van der Waals surface area contributed by atoms with Crippen molar-refractivity contribution in [2.45, 2.75) is 344 Å². The molecule has 1 amide bonds. The molecule has 20 atom stereocenters. The van der Waals surface area contributed by atoms with Crippen LogP contribution in [0.15, 0.2) is 0 Å². The number of esters is 1. The van der Waals surface area contributed by atoms with E-state index < -0.39 is 102 Å². The fourth-order valence-corrected chi connectivity index (χ4v) is 20.0. The van der Waals surface area contributed by atoms with E-state index in [2.05, 4.69) is 0 Å². The van der Waals surface area contributed by atoms with Gasteiger partial charge in [0.2, 0.25) is 5.91 Å². The summed E-state index contributed by atoms with van der Waals surface area (Å²) in [5.41, 5.74) is -4.77. The van der Waals surface area contributed by atoms with Gasteiger partial charge in [0.25, 0.3) is 0 Å². The summed E-state index contributed by atoms with van der Waals surface area (Å²) in [6, 6.07) is -1.23. The Hall–Kier alpha value is -0.780. The highest BCUT2D eigenvalue weighted by Crippen LogP contribution is 2.63. The van der Waals surface area contributed by atoms with Crippen LogP contribution in [0.1, 0.15) is 249 Å². The van der Waals surface area contributed by atoms with Gasteiger partial charge in [0, 0.05) is 43.6 Å². The van der Waals surface area contributed by atoms with Gasteiger partial charge in [0.05, 0.1) is 47.6 Å². The third kappa shape index (κ3) is 17.8. The van der Waals surface area contributed by atoms with E-state index in [1.165, 1.54) is 136 Å². The van der Waals surface area contributed by atoms with E-state index in [-0.39, 0.29) is 50.3 Å². The molecule has 6 fully saturated rings. The Morgan fingerprint density at radius 1 is 0.786 bits per heavy atom. The highest BCUT2D eigenvalue weighted by Gasteiger charge is 2.55. The monoisotopic (exact) mass is 1230 g/mol. The first-order valence-electron chi connectivity index (χ1n) is 34.0. The molecule has 17 heteroatoms. The van der Waals surface area contributed by atoms with E-state index in [0.29, 0.717) is 25.9 Å². The first kappa shape index (κ1) is 72.3. The number of halogens is 1. The number of ether oxygens (including phenoxy) is 6. The molecule has 0 aromatic heterocycles. The molecule has 0 aromatic carbocycles. The summed E-state index contributed by atoms with van der Waals surface area (Å²) >= 11 is 7.44. The predicted molar refractivity (Wildman–Crippen MR) is 335 cm³/mol. The predicted octanol–water partition coefficient (Wildman–Crippen LogP) is 12.2. The van der Waals surface area contributed by atoms with E-state index >= 15 is 0 Å². The number of rotatable bonds is 22. The smallest absolute Gasteiger partial charge is 0.311 e. The van der Waals surface area contributed by atoms with Crippen molar-refractivity contribution in [2.75, 3.05) is 27.7 Å². The average Bonchev–Trinajstić information content (AvgIpc) is 1.89. The van der Waals surface area contributed by atoms with Crippen LogP contribution in [-0.2, 0) is 38.0 Å². The molecule has 0 spiro atoms. The number of methoxy groups -OCH3 is 1. The normalized spacial score (nSPS) is 39.7. The first-order valence-corrected chi connectivity index (χ1v) is 36.0. The second-order valence-corrected chi connectivity index (χ2v) is 30.6. The highest BCUT2D eigenvalue weighted by molar-refractivity contribution is 7.69. The summed E-state index contributed by atoms with van der Waals surface area (Å²) in [6.07, 6.45) is 20.3. The second kappa shape index (κ2) is 33.0. The van der Waals surface area contributed by atoms with Crippen molar-refractivity contribution >= 4 is 31.1 Å². The molecule has 6 aliphatic rings. The van der Waals surface area contributed by atoms with E-state index in [0.717, 1.165) is 42.9 Å². The number of cyclic esters (lactones) is 1. The molecule has 6 rings (SSSR count). The number of aliphatic hydroxyl groups is 5. The molecule has 3 saturated heterocycles. The third-order valence-corrected chi connectivity index (χ3v) is 24.7. The first-order chi connectivity index (χ1) is 39.8. The van der Waals surface area contributed by atoms with Crippen molar-refractivity contribution in [1.82, 2.24) is 9.80 Å². The average molecular weight is 1230 g/mol. The van der Waals surface area contributed by atoms with Crippen LogP contribution < -0.4 is 0 Å². The Bertz CT molecular complexity index is 1940. The van der Waals surface area contributed by atoms with Crippen LogP contribution in [0, 0.1) is 41.4 Å². The van der Waals surface area contributed by atoms with Gasteiger partial charge in [0.1, 0.15) is 30.0 Å². The number of nitrogens with zero attached hydrogens (tertiary/aromatic N) is 2. The number of unbranched alkanes of at least 4 members (excludes halogenated alkanes) is 6. The molecule has 3 aliphatic heterocycles. The Kier molecular flexibility index (Phi) is 28.4. The number of likely N-dealkylation sites (N-methyl/N-ethyl adjacent to an activating group) is 1. The number of carbonyl (C=O) groups is 2. The summed E-state index contributed by atoms with van der Waals surface area (Å²) in [7, 11) is 5.82. The molecule has 0 aromatic rings. The number of aliphatic hydroxyl groups excluding tert-OH is 3. The standard InChI is InChI=1S/C67H122ClN2O13P/c1-14-54-66(10,77)59(73)47(6)70(55(71)38-30-19-17-15-16-18-29-37-52(49-31-23-20-24-32-49)67(84-68,50-33-25-21-26-34-50)51-35-27-22-28-36-51)42-43(2)40-64(8,76)61(83-63-57(72)53(69(11)12)39-44(3)79-63)45(4)58(46(5)62(75)81-54)82-56-41-65(9,78-13)60(74)48(7)80-56/h43-54,56-61,63,72-74,76-77,84H,14-42H2,1-13H3/t43-,44-,45+,46-,47-,48+,52?,53+,54-,56+,57-,58+,59-,60+,61-,63+,64-,65-,66-/m1/s1. The van der Waals surface area contributed by atoms with E-state index in [1.54, 1.807) is 46.4 Å². The minimum absolute atomic E-state index is 0.0876. The molecule has 0 radical (unpaired) electrons. The maximum absolute atomic E-state index is 14.7. The molecular weight excluding hydrogens is 1110 g/mol. The molecule has 3 heterocycles. The maximum Gasteiger partial charge on any atom is 0.311 e. The molecule has 2 unspecified atom stereocenters. The molecule has 490 valence electrons. The topological polar surface area (TPSA) is 197 Å². The van der Waals surface area contributed by atoms with Crippen LogP contribution in [0.5, 0.6) is 0 Å². The van der Waals surface area contributed by atoms with Gasteiger partial charge in [0.15, 0.2) is 12.6 Å². The van der Waals surface area contributed by atoms with Crippen molar-refractivity contribution in [3.05, 3.63) is 0 Å². The van der Waals surface area contributed by atoms with Gasteiger partial charge >= 0.3 is 5.97 Å². The Labute approximate surface area is 515 Å². The molecule has 15 nitrogen and oxygen atoms in total. The molecule has 0 bridgehead atoms. The lowest BCUT2D eigenvalue weighted by atomic mass is 9.58. The van der Waals surface area contributed by atoms with Crippen molar-refractivity contribution in [3.63, 3.8) is 0 Å². The Morgan fingerprint density at radius 3 is 1.89 bits per heavy atom. The van der Waals surface area contributed by atoms with Crippen LogP contribution in [0.4, 0.5) is 0 Å². The van der Waals surface area contributed by atoms with Gasteiger partial charge < -0.3 is 63.8 Å². The SMILES string of the molecule is CC[C@H]1OC(=O)[C@H](C)[C@@H](O[C@H]2C[C@@](C)(OC)[C@@H](O)[C@H](C)O2)[C@H](C)[C@@H](O[C@@H]2O[C@H](C)C[C@H](N(C)C)[C@H]2O)[C@](C)(O)C[C@@H](C)CN(C(=O)CCCCCCCCCC(C2CCCCC2)C(PCl)(C2CCCCC2)C2CCCCC2)[C@H](C)[C@@H](O)[C@]1(C)O. The minimum Gasteiger partial charge on any atom is -0.459 e. The summed E-state index contributed by atoms with van der Waals surface area (Å²) in [5.74, 6) is -0.0571. The zero-order valence-electron chi connectivity index (χ0n) is 54.8. The molecule has 3 saturated carbocycles. The summed E-state index contributed by atoms with van der Waals surface area (Å²) < 4.78 is 38.4. The van der Waals surface area contributed by atoms with Crippen LogP contribution in [0.25, 0.3) is 0 Å². The highest BCUT2D eigenvalue weighted by atomic mass is 35.7. The third-order valence-electron chi connectivity index (χ3n) is 22.2. The second-order valence-electron chi connectivity index (χ2n) is 29.0. The van der Waals surface area contributed by atoms with Crippen LogP contribution in [-0.4, -0.2) is 170 Å². The summed E-state index contributed by atoms with van der Waals surface area (Å²) in [6.45, 7) is 17.6. The quantitative estimate of drug-likeness (QED) is 0.0390. The van der Waals surface area contributed by atoms with E-state index in [9.17, 15) is 35.1 Å². The summed E-state index contributed by atoms with van der Waals surface area (Å²) in [4.78, 5) is 33.1. The van der Waals surface area contributed by atoms with Crippen LogP contribution in [0.2, 0.25) is 0 Å². The lowest BCUT2D eigenvalue weighted by Crippen LogP contribution is -2.60. The Morgan fingerprint density at radius 2 is 1.35 bits per heavy atom. The lowest BCUT2D eigenvalue weighted by Gasteiger charge is -2.55. The lowest BCUT2D eigenvalue weighted by molar-refractivity contribution is -0.318. The fourth-order valence-electron chi connectivity index (χ4n) is 17.2. The van der Waals surface area contributed by atoms with Crippen molar-refractivity contribution in [2.24, 2.45) is 41.4 Å². The molecule has 5 N–H and O–H groups in total. The number of hydrogen-bond donors (Lipinski definition) is 5. The van der Waals surface area contributed by atoms with Crippen molar-refractivity contribution in [3.8, 4) is 0 Å². The van der Waals surface area contributed by atoms with E-state index in [1.807, 2.05) is 39.8 Å². The van der Waals surface area contributed by atoms with Gasteiger partial charge in [-0.2, -0.15) is 0 Å². The van der Waals surface area contributed by atoms with Crippen LogP contribution in [0.3, 0.4) is 0 Å². The largest absolute Gasteiger partial charge is 0.459 e. The summed E-state index contributed by atoms with van der Waals surface area (Å²) in [5, 5.41) is 61.1. The number of hydrogen-bond acceptors (Lipinski definition) is 14. The van der Waals surface area contributed by atoms with Crippen molar-refractivity contribution in [1.29, 1.82) is 0 Å². The molecular formula is C67H122ClN2O13P. The number of amides is 1. The zero-order chi connectivity index (χ0) is 61.7. The van der Waals surface area contributed by atoms with Gasteiger partial charge in [-0.15, -0.1) is 0 Å². The minimum atomic E-state index is -1.99. The van der Waals surface area contributed by atoms with Gasteiger partial charge in [-0.05, 0) is 158 Å². The fraction of sp³-hybridized carbons (Fsp3) is 0.970. The van der Waals surface area contributed by atoms with Gasteiger partial charge in [-0.25, -0.2) is 0 Å². The zero-order valence-corrected chi connectivity index (χ0v) is 56.5. The van der Waals surface area contributed by atoms with Crippen LogP contribution >= 0.6 is 19.2 Å². The molecule has 3 aliphatic carbocycles. The van der Waals surface area contributed by atoms with E-state index in [4.69, 9.17) is 39.7 Å². The maximum atomic E-state index is 14.7. The molecule has 84 heavy (non-hydrogen) atoms. The van der Waals surface area contributed by atoms with Gasteiger partial charge in [-0.1, -0.05) is 141 Å². The van der Waals surface area contributed by atoms with Gasteiger partial charge in [-0.3, -0.25) is 9.59 Å².